The molecule has 7 nitrogen and oxygen atoms in total. The summed E-state index contributed by atoms with van der Waals surface area (Å²) in [7, 11) is 0. The Morgan fingerprint density at radius 2 is 2.16 bits per heavy atom. The van der Waals surface area contributed by atoms with Crippen molar-refractivity contribution in [3.05, 3.63) is 52.2 Å². The molecule has 2 heterocycles. The van der Waals surface area contributed by atoms with Gasteiger partial charge in [0.2, 0.25) is 5.91 Å². The summed E-state index contributed by atoms with van der Waals surface area (Å²) in [6.45, 7) is 0. The van der Waals surface area contributed by atoms with Crippen LogP contribution in [0.5, 0.6) is 0 Å². The Hall–Kier alpha value is -2.96. The van der Waals surface area contributed by atoms with Gasteiger partial charge < -0.3 is 5.73 Å². The highest BCUT2D eigenvalue weighted by atomic mass is 16.6. The van der Waals surface area contributed by atoms with E-state index in [1.807, 2.05) is 0 Å². The van der Waals surface area contributed by atoms with Crippen molar-refractivity contribution in [1.82, 2.24) is 9.38 Å². The minimum Gasteiger partial charge on any atom is -0.366 e. The summed E-state index contributed by atoms with van der Waals surface area (Å²) in [6, 6.07) is 7.89. The van der Waals surface area contributed by atoms with Gasteiger partial charge in [-0.05, 0) is 18.2 Å². The minimum atomic E-state index is -0.720. The summed E-state index contributed by atoms with van der Waals surface area (Å²) in [5.41, 5.74) is 6.35. The van der Waals surface area contributed by atoms with Crippen molar-refractivity contribution in [2.75, 3.05) is 0 Å². The SMILES string of the molecule is NC(=O)c1cc([N+](=O)[O-])c2c(c1)nc1ccccn12. The van der Waals surface area contributed by atoms with E-state index in [1.54, 1.807) is 28.8 Å². The molecule has 3 rings (SSSR count). The van der Waals surface area contributed by atoms with E-state index >= 15 is 0 Å². The maximum Gasteiger partial charge on any atom is 0.296 e. The number of carbonyl (C=O) groups is 1. The van der Waals surface area contributed by atoms with E-state index in [0.29, 0.717) is 16.7 Å². The van der Waals surface area contributed by atoms with E-state index in [1.165, 1.54) is 12.1 Å². The molecule has 2 aromatic heterocycles. The van der Waals surface area contributed by atoms with E-state index < -0.39 is 10.8 Å². The number of pyridine rings is 1. The molecule has 0 fully saturated rings. The van der Waals surface area contributed by atoms with Gasteiger partial charge in [-0.1, -0.05) is 6.07 Å². The quantitative estimate of drug-likeness (QED) is 0.554. The molecule has 7 heteroatoms. The second kappa shape index (κ2) is 3.77. The molecule has 0 bridgehead atoms. The van der Waals surface area contributed by atoms with Crippen molar-refractivity contribution in [3.63, 3.8) is 0 Å². The molecular formula is C12H8N4O3. The Morgan fingerprint density at radius 3 is 2.84 bits per heavy atom. The van der Waals surface area contributed by atoms with Crippen LogP contribution in [0, 0.1) is 10.1 Å². The largest absolute Gasteiger partial charge is 0.366 e. The van der Waals surface area contributed by atoms with Gasteiger partial charge >= 0.3 is 0 Å². The number of nitrogens with two attached hydrogens (primary N) is 1. The van der Waals surface area contributed by atoms with E-state index in [4.69, 9.17) is 5.73 Å². The zero-order chi connectivity index (χ0) is 13.6. The first kappa shape index (κ1) is 11.1. The van der Waals surface area contributed by atoms with Gasteiger partial charge in [0.1, 0.15) is 5.65 Å². The summed E-state index contributed by atoms with van der Waals surface area (Å²) in [5.74, 6) is -0.720. The maximum atomic E-state index is 11.2. The van der Waals surface area contributed by atoms with Crippen molar-refractivity contribution < 1.29 is 9.72 Å². The molecule has 2 N–H and O–H groups in total. The lowest BCUT2D eigenvalue weighted by molar-refractivity contribution is -0.383. The molecule has 94 valence electrons. The van der Waals surface area contributed by atoms with Crippen molar-refractivity contribution in [2.45, 2.75) is 0 Å². The number of nitrogens with zero attached hydrogens (tertiary/aromatic N) is 3. The minimum absolute atomic E-state index is 0.0719. The molecule has 0 spiro atoms. The number of nitro benzene ring substituents is 1. The van der Waals surface area contributed by atoms with Gasteiger partial charge in [-0.2, -0.15) is 0 Å². The highest BCUT2D eigenvalue weighted by Crippen LogP contribution is 2.28. The van der Waals surface area contributed by atoms with Crippen LogP contribution in [-0.2, 0) is 0 Å². The van der Waals surface area contributed by atoms with Gasteiger partial charge in [0, 0.05) is 17.8 Å². The number of non-ortho nitro benzene ring substituents is 1. The summed E-state index contributed by atoms with van der Waals surface area (Å²) in [6.07, 6.45) is 1.68. The molecule has 0 aliphatic rings. The van der Waals surface area contributed by atoms with E-state index in [-0.39, 0.29) is 11.3 Å². The highest BCUT2D eigenvalue weighted by Gasteiger charge is 2.20. The molecule has 3 aromatic rings. The third kappa shape index (κ3) is 1.60. The van der Waals surface area contributed by atoms with Crippen LogP contribution >= 0.6 is 0 Å². The van der Waals surface area contributed by atoms with Crippen molar-refractivity contribution >= 4 is 28.3 Å². The average Bonchev–Trinajstić information content (AvgIpc) is 2.75. The van der Waals surface area contributed by atoms with Crippen LogP contribution in [0.3, 0.4) is 0 Å². The highest BCUT2D eigenvalue weighted by molar-refractivity contribution is 6.00. The van der Waals surface area contributed by atoms with Crippen LogP contribution in [0.25, 0.3) is 16.7 Å². The fourth-order valence-electron chi connectivity index (χ4n) is 2.06. The second-order valence-corrected chi connectivity index (χ2v) is 4.03. The number of hydrogen-bond donors (Lipinski definition) is 1. The van der Waals surface area contributed by atoms with E-state index in [2.05, 4.69) is 4.98 Å². The number of imidazole rings is 1. The Balaban J connectivity index is 2.52. The van der Waals surface area contributed by atoms with Gasteiger partial charge in [-0.15, -0.1) is 0 Å². The average molecular weight is 256 g/mol. The molecule has 0 radical (unpaired) electrons. The normalized spacial score (nSPS) is 10.9. The van der Waals surface area contributed by atoms with Crippen LogP contribution in [0.4, 0.5) is 5.69 Å². The van der Waals surface area contributed by atoms with E-state index in [9.17, 15) is 14.9 Å². The molecule has 1 amide bonds. The number of rotatable bonds is 2. The predicted octanol–water partition coefficient (Wildman–Crippen LogP) is 1.49. The number of fused-ring (bicyclic) bond motifs is 3. The summed E-state index contributed by atoms with van der Waals surface area (Å²) in [5, 5.41) is 11.1. The van der Waals surface area contributed by atoms with Gasteiger partial charge in [0.15, 0.2) is 5.52 Å². The van der Waals surface area contributed by atoms with Crippen LogP contribution in [0.1, 0.15) is 10.4 Å². The summed E-state index contributed by atoms with van der Waals surface area (Å²) >= 11 is 0. The number of carbonyl (C=O) groups excluding carboxylic acids is 1. The van der Waals surface area contributed by atoms with Crippen LogP contribution in [0.2, 0.25) is 0 Å². The Kier molecular flexibility index (Phi) is 2.21. The molecule has 19 heavy (non-hydrogen) atoms. The second-order valence-electron chi connectivity index (χ2n) is 4.03. The molecule has 0 saturated carbocycles. The zero-order valence-corrected chi connectivity index (χ0v) is 9.61. The van der Waals surface area contributed by atoms with Crippen molar-refractivity contribution in [2.24, 2.45) is 5.73 Å². The fraction of sp³-hybridized carbons (Fsp3) is 0. The number of amides is 1. The van der Waals surface area contributed by atoms with E-state index in [0.717, 1.165) is 0 Å². The first-order chi connectivity index (χ1) is 9.08. The summed E-state index contributed by atoms with van der Waals surface area (Å²) in [4.78, 5) is 26.0. The Labute approximate surface area is 106 Å². The van der Waals surface area contributed by atoms with Crippen LogP contribution in [0.15, 0.2) is 36.5 Å². The molecular weight excluding hydrogens is 248 g/mol. The smallest absolute Gasteiger partial charge is 0.296 e. The number of aromatic nitrogens is 2. The third-order valence-electron chi connectivity index (χ3n) is 2.87. The number of nitro groups is 1. The number of benzene rings is 1. The van der Waals surface area contributed by atoms with Gasteiger partial charge in [-0.3, -0.25) is 19.3 Å². The molecule has 1 aromatic carbocycles. The van der Waals surface area contributed by atoms with Gasteiger partial charge in [0.05, 0.1) is 10.4 Å². The lowest BCUT2D eigenvalue weighted by Gasteiger charge is -1.99. The first-order valence-electron chi connectivity index (χ1n) is 5.43. The van der Waals surface area contributed by atoms with Crippen molar-refractivity contribution in [1.29, 1.82) is 0 Å². The van der Waals surface area contributed by atoms with Crippen LogP contribution in [-0.4, -0.2) is 20.2 Å². The Bertz CT molecular complexity index is 837. The molecule has 0 atom stereocenters. The van der Waals surface area contributed by atoms with Gasteiger partial charge in [-0.25, -0.2) is 4.98 Å². The standard InChI is InChI=1S/C12H8N4O3/c13-12(17)7-5-8-11(9(6-7)16(18)19)15-4-2-1-3-10(15)14-8/h1-6H,(H2,13,17). The maximum absolute atomic E-state index is 11.2. The molecule has 0 saturated heterocycles. The van der Waals surface area contributed by atoms with Gasteiger partial charge in [0.25, 0.3) is 5.69 Å². The topological polar surface area (TPSA) is 104 Å². The van der Waals surface area contributed by atoms with Crippen molar-refractivity contribution in [3.8, 4) is 0 Å². The fourth-order valence-corrected chi connectivity index (χ4v) is 2.06. The third-order valence-corrected chi connectivity index (χ3v) is 2.87. The lowest BCUT2D eigenvalue weighted by atomic mass is 10.1. The van der Waals surface area contributed by atoms with Crippen LogP contribution < -0.4 is 5.73 Å². The predicted molar refractivity (Wildman–Crippen MR) is 67.9 cm³/mol. The number of primary amides is 1. The zero-order valence-electron chi connectivity index (χ0n) is 9.61. The Morgan fingerprint density at radius 1 is 1.37 bits per heavy atom. The lowest BCUT2D eigenvalue weighted by Crippen LogP contribution is -2.11. The molecule has 0 aliphatic heterocycles. The summed E-state index contributed by atoms with van der Waals surface area (Å²) < 4.78 is 1.61. The first-order valence-corrected chi connectivity index (χ1v) is 5.43. The molecule has 0 unspecified atom stereocenters. The monoisotopic (exact) mass is 256 g/mol. The number of hydrogen-bond acceptors (Lipinski definition) is 4. The molecule has 0 aliphatic carbocycles.